The monoisotopic (exact) mass is 668 g/mol. The maximum atomic E-state index is 13.0. The van der Waals surface area contributed by atoms with E-state index in [-0.39, 0.29) is 36.3 Å². The Balaban J connectivity index is 1.14. The highest BCUT2D eigenvalue weighted by Gasteiger charge is 2.19. The fourth-order valence-electron chi connectivity index (χ4n) is 4.51. The second-order valence-corrected chi connectivity index (χ2v) is 11.2. The fraction of sp³-hybridized carbons (Fsp3) is 0.143. The van der Waals surface area contributed by atoms with Crippen molar-refractivity contribution in [2.45, 2.75) is 20.1 Å². The second-order valence-electron chi connectivity index (χ2n) is 10.4. The molecule has 0 saturated carbocycles. The lowest BCUT2D eigenvalue weighted by molar-refractivity contribution is -0.122. The number of fused-ring (bicyclic) bond motifs is 1. The number of halogens is 2. The molecule has 2 N–H and O–H groups in total. The van der Waals surface area contributed by atoms with Gasteiger partial charge in [-0.1, -0.05) is 53.5 Å². The summed E-state index contributed by atoms with van der Waals surface area (Å²) in [4.78, 5) is 52.0. The third-order valence-electron chi connectivity index (χ3n) is 7.11. The predicted octanol–water partition coefficient (Wildman–Crippen LogP) is 5.94. The summed E-state index contributed by atoms with van der Waals surface area (Å²) in [6.07, 6.45) is 5.93. The highest BCUT2D eigenvalue weighted by Crippen LogP contribution is 2.35. The van der Waals surface area contributed by atoms with Crippen LogP contribution >= 0.6 is 23.2 Å². The van der Waals surface area contributed by atoms with Crippen LogP contribution in [0, 0.1) is 6.92 Å². The van der Waals surface area contributed by atoms with Crippen molar-refractivity contribution in [1.29, 1.82) is 0 Å². The van der Waals surface area contributed by atoms with Crippen LogP contribution in [0.3, 0.4) is 0 Å². The molecule has 0 atom stereocenters. The summed E-state index contributed by atoms with van der Waals surface area (Å²) in [5.74, 6) is -0.652. The van der Waals surface area contributed by atoms with Crippen molar-refractivity contribution in [2.75, 3.05) is 18.5 Å². The summed E-state index contributed by atoms with van der Waals surface area (Å²) in [5, 5.41) is 6.91. The zero-order chi connectivity index (χ0) is 33.3. The Hall–Kier alpha value is -5.32. The molecule has 10 nitrogen and oxygen atoms in total. The number of aryl methyl sites for hydroxylation is 1. The van der Waals surface area contributed by atoms with Crippen LogP contribution in [0.5, 0.6) is 5.75 Å². The van der Waals surface area contributed by atoms with Gasteiger partial charge >= 0.3 is 0 Å². The third kappa shape index (κ3) is 8.49. The van der Waals surface area contributed by atoms with E-state index in [1.807, 2.05) is 49.4 Å². The Bertz CT molecular complexity index is 1950. The molecule has 3 aromatic heterocycles. The van der Waals surface area contributed by atoms with E-state index in [1.54, 1.807) is 43.6 Å². The van der Waals surface area contributed by atoms with Gasteiger partial charge in [0, 0.05) is 47.2 Å². The number of ether oxygens (including phenoxy) is 1. The van der Waals surface area contributed by atoms with Crippen LogP contribution in [-0.2, 0) is 22.7 Å². The lowest BCUT2D eigenvalue weighted by Crippen LogP contribution is -2.37. The van der Waals surface area contributed by atoms with Crippen LogP contribution in [-0.4, -0.2) is 46.3 Å². The molecule has 0 saturated heterocycles. The molecule has 12 heteroatoms. The molecule has 5 aromatic rings. The van der Waals surface area contributed by atoms with Crippen LogP contribution in [0.2, 0.25) is 10.0 Å². The number of carbonyl (C=O) groups is 3. The highest BCUT2D eigenvalue weighted by atomic mass is 35.5. The van der Waals surface area contributed by atoms with Crippen LogP contribution in [0.25, 0.3) is 17.0 Å². The summed E-state index contributed by atoms with van der Waals surface area (Å²) < 4.78 is 6.08. The number of para-hydroxylation sites is 1. The number of nitrogens with one attached hydrogen (secondary N) is 2. The van der Waals surface area contributed by atoms with Gasteiger partial charge in [0.25, 0.3) is 5.91 Å². The standard InChI is InChI=1S/C35H30Cl2N6O4/c1-22-9-12-24-6-5-8-30(34(24)42-22)47-21-26-27(36)13-15-29(33(26)37)43(2)32(45)20-40-31(44)16-11-23-10-14-28(39-18-23)35(46)41-19-25-7-3-4-17-38-25/h3-18H,19-21H2,1-2H3,(H,40,44)(H,41,46)/b16-11+. The number of anilines is 1. The third-order valence-corrected chi connectivity index (χ3v) is 7.89. The van der Waals surface area contributed by atoms with E-state index in [0.717, 1.165) is 22.3 Å². The number of amides is 3. The normalized spacial score (nSPS) is 11.0. The quantitative estimate of drug-likeness (QED) is 0.167. The number of rotatable bonds is 11. The van der Waals surface area contributed by atoms with E-state index < -0.39 is 11.8 Å². The van der Waals surface area contributed by atoms with Crippen molar-refractivity contribution in [2.24, 2.45) is 0 Å². The first kappa shape index (κ1) is 33.1. The topological polar surface area (TPSA) is 126 Å². The number of hydrogen-bond acceptors (Lipinski definition) is 7. The van der Waals surface area contributed by atoms with Gasteiger partial charge in [0.1, 0.15) is 23.6 Å². The molecule has 0 aliphatic carbocycles. The van der Waals surface area contributed by atoms with Crippen molar-refractivity contribution < 1.29 is 19.1 Å². The Kier molecular flexibility index (Phi) is 10.8. The molecule has 0 aliphatic heterocycles. The van der Waals surface area contributed by atoms with Gasteiger partial charge in [-0.05, 0) is 61.0 Å². The second kappa shape index (κ2) is 15.3. The molecule has 0 unspecified atom stereocenters. The van der Waals surface area contributed by atoms with Gasteiger partial charge in [-0.2, -0.15) is 0 Å². The first-order chi connectivity index (χ1) is 22.7. The zero-order valence-corrected chi connectivity index (χ0v) is 27.0. The van der Waals surface area contributed by atoms with Crippen molar-refractivity contribution in [3.8, 4) is 5.75 Å². The number of aromatic nitrogens is 3. The van der Waals surface area contributed by atoms with Crippen LogP contribution in [0.15, 0.2) is 91.3 Å². The summed E-state index contributed by atoms with van der Waals surface area (Å²) >= 11 is 13.2. The molecule has 47 heavy (non-hydrogen) atoms. The predicted molar refractivity (Wildman–Crippen MR) is 182 cm³/mol. The maximum absolute atomic E-state index is 13.0. The molecule has 0 radical (unpaired) electrons. The van der Waals surface area contributed by atoms with Crippen LogP contribution in [0.4, 0.5) is 5.69 Å². The average molecular weight is 670 g/mol. The molecular weight excluding hydrogens is 639 g/mol. The Morgan fingerprint density at radius 1 is 0.936 bits per heavy atom. The number of hydrogen-bond donors (Lipinski definition) is 2. The van der Waals surface area contributed by atoms with Crippen molar-refractivity contribution in [3.05, 3.63) is 130 Å². The lowest BCUT2D eigenvalue weighted by atomic mass is 10.1. The van der Waals surface area contributed by atoms with Gasteiger partial charge in [-0.15, -0.1) is 0 Å². The SMILES string of the molecule is Cc1ccc2cccc(OCc3c(Cl)ccc(N(C)C(=O)CNC(=O)/C=C/c4ccc(C(=O)NCc5ccccn5)nc4)c3Cl)c2n1. The molecule has 0 fully saturated rings. The van der Waals surface area contributed by atoms with Gasteiger partial charge in [-0.3, -0.25) is 24.4 Å². The minimum Gasteiger partial charge on any atom is -0.487 e. The fourth-order valence-corrected chi connectivity index (χ4v) is 5.12. The van der Waals surface area contributed by atoms with Gasteiger partial charge in [0.05, 0.1) is 29.5 Å². The number of benzene rings is 2. The van der Waals surface area contributed by atoms with Crippen LogP contribution < -0.4 is 20.3 Å². The molecular formula is C35H30Cl2N6O4. The Morgan fingerprint density at radius 3 is 2.55 bits per heavy atom. The van der Waals surface area contributed by atoms with Crippen LogP contribution in [0.1, 0.15) is 33.0 Å². The molecule has 238 valence electrons. The van der Waals surface area contributed by atoms with Crippen molar-refractivity contribution in [3.63, 3.8) is 0 Å². The van der Waals surface area contributed by atoms with E-state index in [9.17, 15) is 14.4 Å². The molecule has 3 amide bonds. The molecule has 0 spiro atoms. The first-order valence-corrected chi connectivity index (χ1v) is 15.3. The number of nitrogens with zero attached hydrogens (tertiary/aromatic N) is 4. The van der Waals surface area contributed by atoms with E-state index in [1.165, 1.54) is 23.2 Å². The number of pyridine rings is 3. The largest absolute Gasteiger partial charge is 0.487 e. The average Bonchev–Trinajstić information content (AvgIpc) is 3.09. The van der Waals surface area contributed by atoms with E-state index in [4.69, 9.17) is 27.9 Å². The number of carbonyl (C=O) groups excluding carboxylic acids is 3. The molecule has 3 heterocycles. The summed E-state index contributed by atoms with van der Waals surface area (Å²) in [6, 6.07) is 21.5. The molecule has 0 bridgehead atoms. The molecule has 0 aliphatic rings. The van der Waals surface area contributed by atoms with Gasteiger partial charge in [-0.25, -0.2) is 4.98 Å². The summed E-state index contributed by atoms with van der Waals surface area (Å²) in [7, 11) is 1.56. The molecule has 5 rings (SSSR count). The lowest BCUT2D eigenvalue weighted by Gasteiger charge is -2.21. The minimum absolute atomic E-state index is 0.0511. The minimum atomic E-state index is -0.487. The van der Waals surface area contributed by atoms with E-state index >= 15 is 0 Å². The smallest absolute Gasteiger partial charge is 0.270 e. The zero-order valence-electron chi connectivity index (χ0n) is 25.5. The van der Waals surface area contributed by atoms with Crippen molar-refractivity contribution in [1.82, 2.24) is 25.6 Å². The highest BCUT2D eigenvalue weighted by molar-refractivity contribution is 6.38. The maximum Gasteiger partial charge on any atom is 0.270 e. The Labute approximate surface area is 281 Å². The Morgan fingerprint density at radius 2 is 1.79 bits per heavy atom. The van der Waals surface area contributed by atoms with E-state index in [2.05, 4.69) is 25.6 Å². The van der Waals surface area contributed by atoms with E-state index in [0.29, 0.717) is 27.6 Å². The van der Waals surface area contributed by atoms with Gasteiger partial charge < -0.3 is 20.3 Å². The van der Waals surface area contributed by atoms with Gasteiger partial charge in [0.2, 0.25) is 11.8 Å². The summed E-state index contributed by atoms with van der Waals surface area (Å²) in [6.45, 7) is 1.96. The molecule has 2 aromatic carbocycles. The van der Waals surface area contributed by atoms with Crippen molar-refractivity contribution >= 4 is 63.6 Å². The number of likely N-dealkylation sites (N-methyl/N-ethyl adjacent to an activating group) is 1. The first-order valence-electron chi connectivity index (χ1n) is 14.5. The van der Waals surface area contributed by atoms with Gasteiger partial charge in [0.15, 0.2) is 0 Å². The summed E-state index contributed by atoms with van der Waals surface area (Å²) in [5.41, 5.74) is 4.06.